The van der Waals surface area contributed by atoms with Gasteiger partial charge in [-0.2, -0.15) is 0 Å². The van der Waals surface area contributed by atoms with Crippen LogP contribution < -0.4 is 5.32 Å². The Bertz CT molecular complexity index is 120. The SMILES string of the molecule is CC1CCC(NCC(F)F)CC1. The van der Waals surface area contributed by atoms with Crippen LogP contribution in [0.4, 0.5) is 8.78 Å². The van der Waals surface area contributed by atoms with Gasteiger partial charge in [0, 0.05) is 6.04 Å². The third-order valence-corrected chi connectivity index (χ3v) is 2.58. The lowest BCUT2D eigenvalue weighted by Crippen LogP contribution is -2.35. The Kier molecular flexibility index (Phi) is 3.92. The van der Waals surface area contributed by atoms with E-state index in [1.165, 1.54) is 12.8 Å². The van der Waals surface area contributed by atoms with E-state index in [4.69, 9.17) is 0 Å². The van der Waals surface area contributed by atoms with Crippen molar-refractivity contribution in [1.29, 1.82) is 0 Å². The lowest BCUT2D eigenvalue weighted by Gasteiger charge is -2.26. The molecule has 1 aliphatic rings. The van der Waals surface area contributed by atoms with Crippen molar-refractivity contribution in [2.75, 3.05) is 6.54 Å². The van der Waals surface area contributed by atoms with Crippen LogP contribution in [0.1, 0.15) is 32.6 Å². The molecule has 0 aliphatic heterocycles. The fourth-order valence-corrected chi connectivity index (χ4v) is 1.72. The molecule has 1 saturated carbocycles. The maximum absolute atomic E-state index is 11.8. The maximum atomic E-state index is 11.8. The predicted octanol–water partition coefficient (Wildman–Crippen LogP) is 2.42. The van der Waals surface area contributed by atoms with Gasteiger partial charge in [-0.05, 0) is 31.6 Å². The summed E-state index contributed by atoms with van der Waals surface area (Å²) in [6.45, 7) is 2.09. The van der Waals surface area contributed by atoms with E-state index in [9.17, 15) is 8.78 Å². The second kappa shape index (κ2) is 4.75. The number of nitrogens with one attached hydrogen (secondary N) is 1. The first-order valence-electron chi connectivity index (χ1n) is 4.70. The van der Waals surface area contributed by atoms with E-state index in [0.29, 0.717) is 6.04 Å². The molecular formula is C9H17F2N. The lowest BCUT2D eigenvalue weighted by molar-refractivity contribution is 0.136. The van der Waals surface area contributed by atoms with Crippen LogP contribution in [-0.4, -0.2) is 19.0 Å². The van der Waals surface area contributed by atoms with Gasteiger partial charge in [0.2, 0.25) is 0 Å². The van der Waals surface area contributed by atoms with Crippen LogP contribution in [-0.2, 0) is 0 Å². The Balaban J connectivity index is 2.09. The van der Waals surface area contributed by atoms with Crippen molar-refractivity contribution in [3.8, 4) is 0 Å². The van der Waals surface area contributed by atoms with Crippen molar-refractivity contribution >= 4 is 0 Å². The first kappa shape index (κ1) is 9.90. The van der Waals surface area contributed by atoms with Crippen molar-refractivity contribution in [3.63, 3.8) is 0 Å². The molecule has 1 rings (SSSR count). The first-order chi connectivity index (χ1) is 5.68. The minimum atomic E-state index is -2.20. The molecule has 0 aromatic rings. The van der Waals surface area contributed by atoms with Crippen LogP contribution in [0.25, 0.3) is 0 Å². The number of hydrogen-bond donors (Lipinski definition) is 1. The topological polar surface area (TPSA) is 12.0 Å². The second-order valence-electron chi connectivity index (χ2n) is 3.76. The highest BCUT2D eigenvalue weighted by molar-refractivity contribution is 4.75. The molecule has 0 amide bonds. The summed E-state index contributed by atoms with van der Waals surface area (Å²) in [6, 6.07) is 0.343. The molecule has 1 nitrogen and oxygen atoms in total. The van der Waals surface area contributed by atoms with Crippen molar-refractivity contribution in [1.82, 2.24) is 5.32 Å². The fraction of sp³-hybridized carbons (Fsp3) is 1.00. The molecule has 0 atom stereocenters. The number of halogens is 2. The zero-order chi connectivity index (χ0) is 8.97. The molecule has 0 saturated heterocycles. The van der Waals surface area contributed by atoms with Crippen molar-refractivity contribution in [2.24, 2.45) is 5.92 Å². The molecule has 3 heteroatoms. The van der Waals surface area contributed by atoms with Crippen LogP contribution in [0.5, 0.6) is 0 Å². The quantitative estimate of drug-likeness (QED) is 0.698. The third kappa shape index (κ3) is 3.48. The van der Waals surface area contributed by atoms with Crippen LogP contribution in [0.15, 0.2) is 0 Å². The number of alkyl halides is 2. The molecule has 12 heavy (non-hydrogen) atoms. The van der Waals surface area contributed by atoms with Gasteiger partial charge in [-0.15, -0.1) is 0 Å². The summed E-state index contributed by atoms with van der Waals surface area (Å²) in [5, 5.41) is 2.89. The molecule has 1 aliphatic carbocycles. The minimum absolute atomic E-state index is 0.140. The van der Waals surface area contributed by atoms with Gasteiger partial charge >= 0.3 is 0 Å². The van der Waals surface area contributed by atoms with Gasteiger partial charge in [-0.1, -0.05) is 6.92 Å². The van der Waals surface area contributed by atoms with Gasteiger partial charge < -0.3 is 5.32 Å². The summed E-state index contributed by atoms with van der Waals surface area (Å²) in [7, 11) is 0. The van der Waals surface area contributed by atoms with Gasteiger partial charge in [-0.25, -0.2) is 8.78 Å². The number of rotatable bonds is 3. The molecule has 0 radical (unpaired) electrons. The van der Waals surface area contributed by atoms with Gasteiger partial charge in [0.1, 0.15) is 0 Å². The summed E-state index contributed by atoms with van der Waals surface area (Å²) in [6.07, 6.45) is 2.29. The smallest absolute Gasteiger partial charge is 0.250 e. The third-order valence-electron chi connectivity index (χ3n) is 2.58. The molecular weight excluding hydrogens is 160 g/mol. The summed E-state index contributed by atoms with van der Waals surface area (Å²) < 4.78 is 23.6. The summed E-state index contributed by atoms with van der Waals surface area (Å²) in [5.74, 6) is 0.787. The normalized spacial score (nSPS) is 31.0. The van der Waals surface area contributed by atoms with Crippen molar-refractivity contribution < 1.29 is 8.78 Å². The highest BCUT2D eigenvalue weighted by Gasteiger charge is 2.18. The Morgan fingerprint density at radius 1 is 1.25 bits per heavy atom. The van der Waals surface area contributed by atoms with Crippen LogP contribution >= 0.6 is 0 Å². The molecule has 0 heterocycles. The van der Waals surface area contributed by atoms with E-state index < -0.39 is 6.43 Å². The fourth-order valence-electron chi connectivity index (χ4n) is 1.72. The molecule has 0 bridgehead atoms. The van der Waals surface area contributed by atoms with Crippen LogP contribution in [0.2, 0.25) is 0 Å². The Morgan fingerprint density at radius 2 is 1.83 bits per heavy atom. The van der Waals surface area contributed by atoms with E-state index in [-0.39, 0.29) is 6.54 Å². The van der Waals surface area contributed by atoms with E-state index in [1.54, 1.807) is 0 Å². The molecule has 0 spiro atoms. The highest BCUT2D eigenvalue weighted by Crippen LogP contribution is 2.23. The maximum Gasteiger partial charge on any atom is 0.250 e. The molecule has 0 aromatic heterocycles. The zero-order valence-electron chi connectivity index (χ0n) is 7.52. The summed E-state index contributed by atoms with van der Waals surface area (Å²) in [4.78, 5) is 0. The highest BCUT2D eigenvalue weighted by atomic mass is 19.3. The first-order valence-corrected chi connectivity index (χ1v) is 4.70. The Morgan fingerprint density at radius 3 is 2.33 bits per heavy atom. The summed E-state index contributed by atoms with van der Waals surface area (Å²) in [5.41, 5.74) is 0. The van der Waals surface area contributed by atoms with Gasteiger partial charge in [0.25, 0.3) is 6.43 Å². The van der Waals surface area contributed by atoms with Gasteiger partial charge in [0.15, 0.2) is 0 Å². The van der Waals surface area contributed by atoms with Crippen molar-refractivity contribution in [3.05, 3.63) is 0 Å². The Hall–Kier alpha value is -0.180. The zero-order valence-corrected chi connectivity index (χ0v) is 7.52. The van der Waals surface area contributed by atoms with Gasteiger partial charge in [-0.3, -0.25) is 0 Å². The van der Waals surface area contributed by atoms with E-state index in [1.807, 2.05) is 0 Å². The monoisotopic (exact) mass is 177 g/mol. The van der Waals surface area contributed by atoms with E-state index in [2.05, 4.69) is 12.2 Å². The molecule has 0 aromatic carbocycles. The number of hydrogen-bond acceptors (Lipinski definition) is 1. The van der Waals surface area contributed by atoms with Crippen LogP contribution in [0.3, 0.4) is 0 Å². The molecule has 0 unspecified atom stereocenters. The second-order valence-corrected chi connectivity index (χ2v) is 3.76. The molecule has 1 N–H and O–H groups in total. The standard InChI is InChI=1S/C9H17F2N/c1-7-2-4-8(5-3-7)12-6-9(10)11/h7-9,12H,2-6H2,1H3. The minimum Gasteiger partial charge on any atom is -0.309 e. The lowest BCUT2D eigenvalue weighted by atomic mass is 9.87. The largest absolute Gasteiger partial charge is 0.309 e. The average molecular weight is 177 g/mol. The Labute approximate surface area is 72.5 Å². The van der Waals surface area contributed by atoms with Crippen LogP contribution in [0, 0.1) is 5.92 Å². The average Bonchev–Trinajstić information content (AvgIpc) is 2.03. The summed E-state index contributed by atoms with van der Waals surface area (Å²) >= 11 is 0. The molecule has 1 fully saturated rings. The predicted molar refractivity (Wildman–Crippen MR) is 45.4 cm³/mol. The van der Waals surface area contributed by atoms with E-state index >= 15 is 0 Å². The van der Waals surface area contributed by atoms with E-state index in [0.717, 1.165) is 18.8 Å². The molecule has 72 valence electrons. The van der Waals surface area contributed by atoms with Gasteiger partial charge in [0.05, 0.1) is 6.54 Å². The van der Waals surface area contributed by atoms with Crippen molar-refractivity contribution in [2.45, 2.75) is 45.1 Å².